The average molecular weight is 552 g/mol. The van der Waals surface area contributed by atoms with Crippen molar-refractivity contribution in [3.63, 3.8) is 0 Å². The number of nitrogens with one attached hydrogen (secondary N) is 2. The summed E-state index contributed by atoms with van der Waals surface area (Å²) in [5, 5.41) is 18.5. The van der Waals surface area contributed by atoms with Gasteiger partial charge in [-0.3, -0.25) is 9.59 Å². The normalized spacial score (nSPS) is 12.9. The molecule has 0 saturated carbocycles. The lowest BCUT2D eigenvalue weighted by atomic mass is 9.99. The van der Waals surface area contributed by atoms with Gasteiger partial charge in [0.2, 0.25) is 5.91 Å². The zero-order chi connectivity index (χ0) is 28.7. The number of likely N-dealkylation sites (N-methyl/N-ethyl adjacent to an activating group) is 1. The molecule has 3 amide bonds. The molecule has 0 radical (unpaired) electrons. The summed E-state index contributed by atoms with van der Waals surface area (Å²) in [4.78, 5) is 41.4. The van der Waals surface area contributed by atoms with Crippen LogP contribution in [0.2, 0.25) is 0 Å². The third kappa shape index (κ3) is 7.89. The van der Waals surface area contributed by atoms with Gasteiger partial charge in [-0.1, -0.05) is 48.5 Å². The summed E-state index contributed by atoms with van der Waals surface area (Å²) in [5.74, 6) is -0.446. The van der Waals surface area contributed by atoms with Gasteiger partial charge in [0.15, 0.2) is 0 Å². The van der Waals surface area contributed by atoms with Crippen molar-refractivity contribution in [3.05, 3.63) is 71.8 Å². The molecule has 2 atom stereocenters. The van der Waals surface area contributed by atoms with Crippen LogP contribution in [0.25, 0.3) is 10.8 Å². The van der Waals surface area contributed by atoms with Crippen LogP contribution in [0.3, 0.4) is 0 Å². The van der Waals surface area contributed by atoms with Gasteiger partial charge in [0.1, 0.15) is 23.4 Å². The lowest BCUT2D eigenvalue weighted by Gasteiger charge is -2.32. The van der Waals surface area contributed by atoms with Crippen molar-refractivity contribution in [2.75, 3.05) is 24.4 Å². The van der Waals surface area contributed by atoms with Gasteiger partial charge in [-0.25, -0.2) is 4.79 Å². The highest BCUT2D eigenvalue weighted by atomic mass is 32.2. The summed E-state index contributed by atoms with van der Waals surface area (Å²) in [6, 6.07) is 16.3. The van der Waals surface area contributed by atoms with Crippen molar-refractivity contribution >= 4 is 46.1 Å². The second-order valence-electron chi connectivity index (χ2n) is 10.4. The minimum absolute atomic E-state index is 0.0726. The SMILES string of the molecule is CSCCC(NC(=O)OC(C)(C)C)C(=O)N(C)C(C(=O)Nc1ccc2ccccc2c1)c1cccc(C)c1O. The number of thioether (sulfide) groups is 1. The van der Waals surface area contributed by atoms with E-state index in [1.54, 1.807) is 52.0 Å². The number of aryl methyl sites for hydroxylation is 1. The van der Waals surface area contributed by atoms with Crippen molar-refractivity contribution in [1.82, 2.24) is 10.2 Å². The first-order chi connectivity index (χ1) is 18.4. The van der Waals surface area contributed by atoms with Crippen LogP contribution in [0.15, 0.2) is 60.7 Å². The fraction of sp³-hybridized carbons (Fsp3) is 0.367. The molecule has 2 unspecified atom stereocenters. The van der Waals surface area contributed by atoms with Crippen LogP contribution in [-0.2, 0) is 14.3 Å². The number of hydrogen-bond acceptors (Lipinski definition) is 6. The average Bonchev–Trinajstić information content (AvgIpc) is 2.87. The Kier molecular flexibility index (Phi) is 9.86. The zero-order valence-corrected chi connectivity index (χ0v) is 24.1. The van der Waals surface area contributed by atoms with E-state index in [0.717, 1.165) is 10.8 Å². The van der Waals surface area contributed by atoms with E-state index in [1.165, 1.54) is 23.7 Å². The van der Waals surface area contributed by atoms with Crippen LogP contribution in [0.5, 0.6) is 5.75 Å². The number of anilines is 1. The molecule has 0 aliphatic carbocycles. The quantitative estimate of drug-likeness (QED) is 0.318. The van der Waals surface area contributed by atoms with Gasteiger partial charge < -0.3 is 25.4 Å². The topological polar surface area (TPSA) is 108 Å². The van der Waals surface area contributed by atoms with E-state index < -0.39 is 35.6 Å². The Bertz CT molecular complexity index is 1340. The Morgan fingerprint density at radius 3 is 2.38 bits per heavy atom. The fourth-order valence-corrected chi connectivity index (χ4v) is 4.69. The van der Waals surface area contributed by atoms with Crippen LogP contribution >= 0.6 is 11.8 Å². The highest BCUT2D eigenvalue weighted by Crippen LogP contribution is 2.32. The molecule has 208 valence electrons. The van der Waals surface area contributed by atoms with E-state index in [1.807, 2.05) is 42.7 Å². The van der Waals surface area contributed by atoms with Crippen LogP contribution < -0.4 is 10.6 Å². The van der Waals surface area contributed by atoms with Gasteiger partial charge >= 0.3 is 6.09 Å². The number of phenolic OH excluding ortho intramolecular Hbond substituents is 1. The first-order valence-electron chi connectivity index (χ1n) is 12.7. The Labute approximate surface area is 234 Å². The predicted molar refractivity (Wildman–Crippen MR) is 157 cm³/mol. The number of aromatic hydroxyl groups is 1. The number of phenols is 1. The number of para-hydroxylation sites is 1. The largest absolute Gasteiger partial charge is 0.507 e. The Morgan fingerprint density at radius 2 is 1.72 bits per heavy atom. The molecule has 0 spiro atoms. The third-order valence-electron chi connectivity index (χ3n) is 6.16. The molecule has 0 saturated heterocycles. The van der Waals surface area contributed by atoms with E-state index in [9.17, 15) is 19.5 Å². The van der Waals surface area contributed by atoms with E-state index in [-0.39, 0.29) is 11.3 Å². The molecule has 0 bridgehead atoms. The number of carbonyl (C=O) groups excluding carboxylic acids is 3. The Balaban J connectivity index is 1.95. The van der Waals surface area contributed by atoms with Crippen molar-refractivity contribution in [2.45, 2.75) is 51.8 Å². The number of rotatable bonds is 9. The molecule has 0 aliphatic rings. The number of fused-ring (bicyclic) bond motifs is 1. The summed E-state index contributed by atoms with van der Waals surface area (Å²) in [7, 11) is 1.50. The van der Waals surface area contributed by atoms with Gasteiger partial charge in [-0.2, -0.15) is 11.8 Å². The van der Waals surface area contributed by atoms with Gasteiger partial charge in [-0.15, -0.1) is 0 Å². The summed E-state index contributed by atoms with van der Waals surface area (Å²) in [5.41, 5.74) is 0.675. The maximum Gasteiger partial charge on any atom is 0.408 e. The molecule has 0 aromatic heterocycles. The smallest absolute Gasteiger partial charge is 0.408 e. The van der Waals surface area contributed by atoms with Gasteiger partial charge in [0.05, 0.1) is 0 Å². The standard InChI is InChI=1S/C30H37N3O5S/c1-19-10-9-13-23(26(19)34)25(27(35)31-22-15-14-20-11-7-8-12-21(20)18-22)33(5)28(36)24(16-17-39-6)32-29(37)38-30(2,3)4/h7-15,18,24-25,34H,16-17H2,1-6H3,(H,31,35)(H,32,37). The van der Waals surface area contributed by atoms with Crippen molar-refractivity contribution in [1.29, 1.82) is 0 Å². The number of nitrogens with zero attached hydrogens (tertiary/aromatic N) is 1. The summed E-state index contributed by atoms with van der Waals surface area (Å²) < 4.78 is 5.37. The number of ether oxygens (including phenoxy) is 1. The predicted octanol–water partition coefficient (Wildman–Crippen LogP) is 5.64. The maximum atomic E-state index is 13.8. The fourth-order valence-electron chi connectivity index (χ4n) is 4.22. The second kappa shape index (κ2) is 12.9. The molecule has 3 rings (SSSR count). The van der Waals surface area contributed by atoms with Crippen LogP contribution in [-0.4, -0.2) is 58.6 Å². The van der Waals surface area contributed by atoms with Gasteiger partial charge in [-0.05, 0) is 74.6 Å². The summed E-state index contributed by atoms with van der Waals surface area (Å²) in [6.45, 7) is 6.95. The molecule has 0 fully saturated rings. The number of hydrogen-bond donors (Lipinski definition) is 3. The van der Waals surface area contributed by atoms with Gasteiger partial charge in [0.25, 0.3) is 5.91 Å². The van der Waals surface area contributed by atoms with E-state index >= 15 is 0 Å². The lowest BCUT2D eigenvalue weighted by molar-refractivity contribution is -0.139. The number of benzene rings is 3. The third-order valence-corrected chi connectivity index (χ3v) is 6.81. The number of carbonyl (C=O) groups is 3. The van der Waals surface area contributed by atoms with Crippen LogP contribution in [0, 0.1) is 6.92 Å². The Hall–Kier alpha value is -3.72. The highest BCUT2D eigenvalue weighted by molar-refractivity contribution is 7.98. The zero-order valence-electron chi connectivity index (χ0n) is 23.3. The van der Waals surface area contributed by atoms with Gasteiger partial charge in [0, 0.05) is 18.3 Å². The molecule has 0 heterocycles. The molecule has 9 heteroatoms. The molecule has 39 heavy (non-hydrogen) atoms. The lowest BCUT2D eigenvalue weighted by Crippen LogP contribution is -2.51. The van der Waals surface area contributed by atoms with Crippen LogP contribution in [0.4, 0.5) is 10.5 Å². The molecule has 0 aliphatic heterocycles. The second-order valence-corrected chi connectivity index (χ2v) is 11.4. The van der Waals surface area contributed by atoms with Crippen molar-refractivity contribution in [3.8, 4) is 5.75 Å². The number of alkyl carbamates (subject to hydrolysis) is 1. The first kappa shape index (κ1) is 29.8. The Morgan fingerprint density at radius 1 is 1.03 bits per heavy atom. The monoisotopic (exact) mass is 551 g/mol. The molecular formula is C30H37N3O5S. The van der Waals surface area contributed by atoms with E-state index in [0.29, 0.717) is 23.4 Å². The molecule has 3 aromatic rings. The van der Waals surface area contributed by atoms with Crippen LogP contribution in [0.1, 0.15) is 44.4 Å². The summed E-state index contributed by atoms with van der Waals surface area (Å²) >= 11 is 1.54. The molecule has 8 nitrogen and oxygen atoms in total. The minimum atomic E-state index is -1.17. The molecule has 3 aromatic carbocycles. The molecule has 3 N–H and O–H groups in total. The maximum absolute atomic E-state index is 13.8. The first-order valence-corrected chi connectivity index (χ1v) is 14.1. The molecular weight excluding hydrogens is 514 g/mol. The summed E-state index contributed by atoms with van der Waals surface area (Å²) in [6.07, 6.45) is 1.53. The minimum Gasteiger partial charge on any atom is -0.507 e. The van der Waals surface area contributed by atoms with Crippen molar-refractivity contribution < 1.29 is 24.2 Å². The van der Waals surface area contributed by atoms with E-state index in [4.69, 9.17) is 4.74 Å². The van der Waals surface area contributed by atoms with Crippen molar-refractivity contribution in [2.24, 2.45) is 0 Å². The number of amides is 3. The van der Waals surface area contributed by atoms with E-state index in [2.05, 4.69) is 10.6 Å². The highest BCUT2D eigenvalue weighted by Gasteiger charge is 2.35.